The van der Waals surface area contributed by atoms with Crippen LogP contribution in [0.3, 0.4) is 0 Å². The number of halogens is 3. The van der Waals surface area contributed by atoms with E-state index in [1.165, 1.54) is 0 Å². The number of hydrogen-bond acceptors (Lipinski definition) is 3. The van der Waals surface area contributed by atoms with E-state index in [-0.39, 0.29) is 5.92 Å². The number of anilines is 2. The van der Waals surface area contributed by atoms with E-state index >= 15 is 0 Å². The third kappa shape index (κ3) is 3.72. The van der Waals surface area contributed by atoms with Crippen molar-refractivity contribution in [3.8, 4) is 0 Å². The van der Waals surface area contributed by atoms with Crippen LogP contribution in [0, 0.1) is 0 Å². The Hall–Kier alpha value is -1.03. The van der Waals surface area contributed by atoms with Gasteiger partial charge in [-0.15, -0.1) is 0 Å². The van der Waals surface area contributed by atoms with E-state index in [9.17, 15) is 0 Å². The lowest BCUT2D eigenvalue weighted by Crippen LogP contribution is -2.02. The third-order valence-corrected chi connectivity index (χ3v) is 3.18. The van der Waals surface area contributed by atoms with Gasteiger partial charge in [-0.25, -0.2) is 9.97 Å². The molecule has 6 heteroatoms. The highest BCUT2D eigenvalue weighted by Crippen LogP contribution is 2.28. The summed E-state index contributed by atoms with van der Waals surface area (Å²) in [6, 6.07) is 6.82. The van der Waals surface area contributed by atoms with Gasteiger partial charge in [-0.05, 0) is 18.2 Å². The molecule has 3 nitrogen and oxygen atoms in total. The maximum absolute atomic E-state index is 6.09. The largest absolute Gasteiger partial charge is 0.339 e. The molecule has 1 aromatic carbocycles. The first-order chi connectivity index (χ1) is 8.95. The number of rotatable bonds is 3. The molecule has 0 atom stereocenters. The standard InChI is InChI=1S/C13H12Cl3N3/c1-7(2)13-18-11(16)6-12(19-13)17-10-5-8(14)3-4-9(10)15/h3-7H,1-2H3,(H,17,18,19). The first kappa shape index (κ1) is 14.4. The van der Waals surface area contributed by atoms with E-state index in [0.717, 1.165) is 0 Å². The predicted octanol–water partition coefficient (Wildman–Crippen LogP) is 5.30. The van der Waals surface area contributed by atoms with E-state index < -0.39 is 0 Å². The molecule has 0 amide bonds. The second-order valence-corrected chi connectivity index (χ2v) is 5.57. The molecule has 0 unspecified atom stereocenters. The first-order valence-corrected chi connectivity index (χ1v) is 6.85. The fraction of sp³-hybridized carbons (Fsp3) is 0.231. The lowest BCUT2D eigenvalue weighted by molar-refractivity contribution is 0.776. The van der Waals surface area contributed by atoms with Crippen molar-refractivity contribution in [2.75, 3.05) is 5.32 Å². The highest BCUT2D eigenvalue weighted by Gasteiger charge is 2.09. The number of hydrogen-bond donors (Lipinski definition) is 1. The van der Waals surface area contributed by atoms with Crippen LogP contribution in [0.15, 0.2) is 24.3 Å². The van der Waals surface area contributed by atoms with Gasteiger partial charge in [0.15, 0.2) is 0 Å². The molecule has 0 spiro atoms. The van der Waals surface area contributed by atoms with Gasteiger partial charge >= 0.3 is 0 Å². The zero-order chi connectivity index (χ0) is 14.0. The van der Waals surface area contributed by atoms with Crippen LogP contribution in [0.4, 0.5) is 11.5 Å². The number of benzene rings is 1. The molecule has 0 bridgehead atoms. The minimum Gasteiger partial charge on any atom is -0.339 e. The maximum atomic E-state index is 6.09. The zero-order valence-corrected chi connectivity index (χ0v) is 12.7. The molecule has 100 valence electrons. The summed E-state index contributed by atoms with van der Waals surface area (Å²) < 4.78 is 0. The van der Waals surface area contributed by atoms with Crippen molar-refractivity contribution < 1.29 is 0 Å². The summed E-state index contributed by atoms with van der Waals surface area (Å²) in [6.07, 6.45) is 0. The number of aromatic nitrogens is 2. The fourth-order valence-corrected chi connectivity index (χ4v) is 2.02. The Morgan fingerprint density at radius 2 is 1.79 bits per heavy atom. The van der Waals surface area contributed by atoms with Crippen molar-refractivity contribution in [1.29, 1.82) is 0 Å². The molecule has 2 rings (SSSR count). The van der Waals surface area contributed by atoms with Gasteiger partial charge in [-0.3, -0.25) is 0 Å². The SMILES string of the molecule is CC(C)c1nc(Cl)cc(Nc2cc(Cl)ccc2Cl)n1. The van der Waals surface area contributed by atoms with Crippen LogP contribution in [-0.2, 0) is 0 Å². The van der Waals surface area contributed by atoms with Crippen molar-refractivity contribution in [2.45, 2.75) is 19.8 Å². The van der Waals surface area contributed by atoms with Crippen LogP contribution in [-0.4, -0.2) is 9.97 Å². The molecule has 19 heavy (non-hydrogen) atoms. The Morgan fingerprint density at radius 3 is 2.47 bits per heavy atom. The maximum Gasteiger partial charge on any atom is 0.135 e. The Kier molecular flexibility index (Phi) is 4.50. The summed E-state index contributed by atoms with van der Waals surface area (Å²) in [4.78, 5) is 8.56. The zero-order valence-electron chi connectivity index (χ0n) is 10.4. The van der Waals surface area contributed by atoms with Crippen molar-refractivity contribution in [3.05, 3.63) is 45.3 Å². The first-order valence-electron chi connectivity index (χ1n) is 5.72. The van der Waals surface area contributed by atoms with Gasteiger partial charge < -0.3 is 5.32 Å². The Balaban J connectivity index is 2.35. The third-order valence-electron chi connectivity index (χ3n) is 2.42. The summed E-state index contributed by atoms with van der Waals surface area (Å²) in [7, 11) is 0. The summed E-state index contributed by atoms with van der Waals surface area (Å²) in [5, 5.41) is 4.64. The molecule has 1 heterocycles. The van der Waals surface area contributed by atoms with Crippen molar-refractivity contribution in [3.63, 3.8) is 0 Å². The van der Waals surface area contributed by atoms with Crippen LogP contribution in [0.25, 0.3) is 0 Å². The lowest BCUT2D eigenvalue weighted by Gasteiger charge is -2.11. The predicted molar refractivity (Wildman–Crippen MR) is 80.9 cm³/mol. The Morgan fingerprint density at radius 1 is 1.05 bits per heavy atom. The van der Waals surface area contributed by atoms with Crippen LogP contribution in [0.1, 0.15) is 25.6 Å². The lowest BCUT2D eigenvalue weighted by atomic mass is 10.2. The fourth-order valence-electron chi connectivity index (χ4n) is 1.49. The van der Waals surface area contributed by atoms with Crippen molar-refractivity contribution in [2.24, 2.45) is 0 Å². The summed E-state index contributed by atoms with van der Waals surface area (Å²) in [5.41, 5.74) is 0.679. The van der Waals surface area contributed by atoms with E-state index in [1.807, 2.05) is 13.8 Å². The van der Waals surface area contributed by atoms with Gasteiger partial charge in [0.25, 0.3) is 0 Å². The monoisotopic (exact) mass is 315 g/mol. The highest BCUT2D eigenvalue weighted by atomic mass is 35.5. The molecule has 0 aliphatic heterocycles. The normalized spacial score (nSPS) is 10.8. The minimum atomic E-state index is 0.189. The Labute approximate surface area is 126 Å². The molecule has 0 saturated heterocycles. The minimum absolute atomic E-state index is 0.189. The van der Waals surface area contributed by atoms with Gasteiger partial charge in [0, 0.05) is 17.0 Å². The number of nitrogens with zero attached hydrogens (tertiary/aromatic N) is 2. The number of nitrogens with one attached hydrogen (secondary N) is 1. The Bertz CT molecular complexity index is 600. The summed E-state index contributed by atoms with van der Waals surface area (Å²) in [5.74, 6) is 1.45. The molecule has 1 N–H and O–H groups in total. The van der Waals surface area contributed by atoms with Gasteiger partial charge in [0.1, 0.15) is 16.8 Å². The van der Waals surface area contributed by atoms with Crippen LogP contribution in [0.2, 0.25) is 15.2 Å². The van der Waals surface area contributed by atoms with Gasteiger partial charge in [0.05, 0.1) is 10.7 Å². The molecular formula is C13H12Cl3N3. The molecule has 0 fully saturated rings. The van der Waals surface area contributed by atoms with E-state index in [4.69, 9.17) is 34.8 Å². The summed E-state index contributed by atoms with van der Waals surface area (Å²) in [6.45, 7) is 4.00. The molecule has 1 aromatic heterocycles. The van der Waals surface area contributed by atoms with Crippen molar-refractivity contribution >= 4 is 46.3 Å². The molecule has 2 aromatic rings. The van der Waals surface area contributed by atoms with Gasteiger partial charge in [-0.1, -0.05) is 48.7 Å². The van der Waals surface area contributed by atoms with E-state index in [1.54, 1.807) is 24.3 Å². The summed E-state index contributed by atoms with van der Waals surface area (Å²) >= 11 is 18.0. The highest BCUT2D eigenvalue weighted by molar-refractivity contribution is 6.35. The molecule has 0 saturated carbocycles. The van der Waals surface area contributed by atoms with E-state index in [2.05, 4.69) is 15.3 Å². The second kappa shape index (κ2) is 5.95. The van der Waals surface area contributed by atoms with Crippen LogP contribution < -0.4 is 5.32 Å². The van der Waals surface area contributed by atoms with Crippen LogP contribution in [0.5, 0.6) is 0 Å². The van der Waals surface area contributed by atoms with Crippen LogP contribution >= 0.6 is 34.8 Å². The van der Waals surface area contributed by atoms with Gasteiger partial charge in [0.2, 0.25) is 0 Å². The average Bonchev–Trinajstić information content (AvgIpc) is 2.33. The van der Waals surface area contributed by atoms with E-state index in [0.29, 0.717) is 32.5 Å². The average molecular weight is 317 g/mol. The molecular weight excluding hydrogens is 305 g/mol. The second-order valence-electron chi connectivity index (χ2n) is 4.34. The van der Waals surface area contributed by atoms with Crippen molar-refractivity contribution in [1.82, 2.24) is 9.97 Å². The topological polar surface area (TPSA) is 37.8 Å². The molecule has 0 radical (unpaired) electrons. The molecule has 0 aliphatic rings. The smallest absolute Gasteiger partial charge is 0.135 e. The molecule has 0 aliphatic carbocycles. The van der Waals surface area contributed by atoms with Gasteiger partial charge in [-0.2, -0.15) is 0 Å². The quantitative estimate of drug-likeness (QED) is 0.780.